The Morgan fingerprint density at radius 1 is 1.11 bits per heavy atom. The molecule has 27 heavy (non-hydrogen) atoms. The molecule has 1 aromatic carbocycles. The van der Waals surface area contributed by atoms with Gasteiger partial charge in [0, 0.05) is 33.7 Å². The predicted molar refractivity (Wildman–Crippen MR) is 112 cm³/mol. The fourth-order valence-electron chi connectivity index (χ4n) is 2.80. The van der Waals surface area contributed by atoms with Gasteiger partial charge in [0.1, 0.15) is 16.2 Å². The molecule has 4 aromatic heterocycles. The molecule has 132 valence electrons. The van der Waals surface area contributed by atoms with Gasteiger partial charge in [-0.3, -0.25) is 9.20 Å². The Bertz CT molecular complexity index is 1310. The van der Waals surface area contributed by atoms with E-state index in [4.69, 9.17) is 0 Å². The summed E-state index contributed by atoms with van der Waals surface area (Å²) in [5.74, 6) is 0.590. The van der Waals surface area contributed by atoms with Gasteiger partial charge in [-0.2, -0.15) is 0 Å². The quantitative estimate of drug-likeness (QED) is 0.318. The van der Waals surface area contributed by atoms with Gasteiger partial charge < -0.3 is 0 Å². The van der Waals surface area contributed by atoms with Crippen LogP contribution in [-0.4, -0.2) is 19.4 Å². The van der Waals surface area contributed by atoms with Crippen LogP contribution in [0.5, 0.6) is 0 Å². The molecule has 5 rings (SSSR count). The lowest BCUT2D eigenvalue weighted by Gasteiger charge is -2.02. The van der Waals surface area contributed by atoms with E-state index in [0.29, 0.717) is 10.7 Å². The molecule has 5 nitrogen and oxygen atoms in total. The van der Waals surface area contributed by atoms with Crippen molar-refractivity contribution in [2.45, 2.75) is 10.8 Å². The molecule has 0 radical (unpaired) electrons. The summed E-state index contributed by atoms with van der Waals surface area (Å²) >= 11 is 4.70. The van der Waals surface area contributed by atoms with Crippen LogP contribution >= 0.6 is 34.4 Å². The van der Waals surface area contributed by atoms with Crippen molar-refractivity contribution in [2.24, 2.45) is 0 Å². The van der Waals surface area contributed by atoms with Crippen molar-refractivity contribution >= 4 is 49.6 Å². The Labute approximate surface area is 166 Å². The number of rotatable bonds is 4. The lowest BCUT2D eigenvalue weighted by Crippen LogP contribution is -2.12. The molecule has 0 N–H and O–H groups in total. The molecule has 0 spiro atoms. The molecule has 0 amide bonds. The molecule has 0 aliphatic carbocycles. The Balaban J connectivity index is 1.47. The second kappa shape index (κ2) is 6.88. The number of aromatic nitrogens is 4. The van der Waals surface area contributed by atoms with E-state index in [1.54, 1.807) is 46.1 Å². The molecular weight excluding hydrogens is 396 g/mol. The van der Waals surface area contributed by atoms with E-state index in [1.165, 1.54) is 21.8 Å². The molecule has 8 heteroatoms. The molecule has 0 fully saturated rings. The number of benzene rings is 1. The Hall–Kier alpha value is -2.55. The van der Waals surface area contributed by atoms with Gasteiger partial charge in [-0.15, -0.1) is 22.7 Å². The van der Waals surface area contributed by atoms with E-state index in [2.05, 4.69) is 33.2 Å². The minimum atomic E-state index is -0.0495. The van der Waals surface area contributed by atoms with Gasteiger partial charge in [0.25, 0.3) is 5.56 Å². The van der Waals surface area contributed by atoms with Crippen LogP contribution < -0.4 is 5.56 Å². The predicted octanol–water partition coefficient (Wildman–Crippen LogP) is 4.72. The average Bonchev–Trinajstić information content (AvgIpc) is 3.34. The minimum absolute atomic E-state index is 0.0495. The Kier molecular flexibility index (Phi) is 4.23. The maximum atomic E-state index is 12.1. The first-order valence-electron chi connectivity index (χ1n) is 8.16. The average molecular weight is 409 g/mol. The van der Waals surface area contributed by atoms with Crippen molar-refractivity contribution in [2.75, 3.05) is 0 Å². The SMILES string of the molecule is O=c1cc(CSc2ncnc3sc(-c4ccccc4)cc23)nc2sccn12. The normalized spacial score (nSPS) is 11.4. The van der Waals surface area contributed by atoms with Crippen molar-refractivity contribution in [1.82, 2.24) is 19.4 Å². The van der Waals surface area contributed by atoms with Gasteiger partial charge in [-0.1, -0.05) is 42.1 Å². The summed E-state index contributed by atoms with van der Waals surface area (Å²) in [6.07, 6.45) is 3.34. The van der Waals surface area contributed by atoms with E-state index >= 15 is 0 Å². The van der Waals surface area contributed by atoms with Crippen molar-refractivity contribution in [3.63, 3.8) is 0 Å². The number of hydrogen-bond acceptors (Lipinski definition) is 7. The second-order valence-corrected chi connectivity index (χ2v) is 8.67. The molecular formula is C19H12N4OS3. The van der Waals surface area contributed by atoms with Gasteiger partial charge in [0.05, 0.1) is 5.69 Å². The van der Waals surface area contributed by atoms with E-state index in [0.717, 1.165) is 20.9 Å². The first-order chi connectivity index (χ1) is 13.3. The lowest BCUT2D eigenvalue weighted by atomic mass is 10.2. The molecule has 0 saturated carbocycles. The van der Waals surface area contributed by atoms with Gasteiger partial charge in [-0.25, -0.2) is 15.0 Å². The van der Waals surface area contributed by atoms with Crippen molar-refractivity contribution in [3.8, 4) is 10.4 Å². The third-order valence-corrected chi connectivity index (χ3v) is 6.95. The van der Waals surface area contributed by atoms with E-state index in [-0.39, 0.29) is 5.56 Å². The number of thiophene rings is 1. The zero-order chi connectivity index (χ0) is 18.2. The van der Waals surface area contributed by atoms with E-state index < -0.39 is 0 Å². The summed E-state index contributed by atoms with van der Waals surface area (Å²) in [7, 11) is 0. The number of nitrogens with zero attached hydrogens (tertiary/aromatic N) is 4. The topological polar surface area (TPSA) is 60.2 Å². The molecule has 0 bridgehead atoms. The summed E-state index contributed by atoms with van der Waals surface area (Å²) in [4.78, 5) is 28.4. The van der Waals surface area contributed by atoms with Gasteiger partial charge in [0.15, 0.2) is 4.96 Å². The van der Waals surface area contributed by atoms with Crippen molar-refractivity contribution in [3.05, 3.63) is 76.4 Å². The number of fused-ring (bicyclic) bond motifs is 2. The first kappa shape index (κ1) is 16.6. The van der Waals surface area contributed by atoms with Crippen LogP contribution in [0.2, 0.25) is 0 Å². The zero-order valence-corrected chi connectivity index (χ0v) is 16.4. The highest BCUT2D eigenvalue weighted by Gasteiger charge is 2.12. The fraction of sp³-hybridized carbons (Fsp3) is 0.0526. The first-order valence-corrected chi connectivity index (χ1v) is 10.8. The van der Waals surface area contributed by atoms with Gasteiger partial charge in [0.2, 0.25) is 0 Å². The highest BCUT2D eigenvalue weighted by atomic mass is 32.2. The number of hydrogen-bond donors (Lipinski definition) is 0. The van der Waals surface area contributed by atoms with Crippen molar-refractivity contribution < 1.29 is 0 Å². The summed E-state index contributed by atoms with van der Waals surface area (Å²) in [6.45, 7) is 0. The maximum Gasteiger partial charge on any atom is 0.258 e. The third kappa shape index (κ3) is 3.16. The molecule has 0 atom stereocenters. The molecule has 4 heterocycles. The third-order valence-electron chi connectivity index (χ3n) is 4.06. The molecule has 0 aliphatic rings. The second-order valence-electron chi connectivity index (χ2n) is 5.80. The van der Waals surface area contributed by atoms with Crippen LogP contribution in [-0.2, 0) is 5.75 Å². The van der Waals surface area contributed by atoms with Crippen LogP contribution in [0.1, 0.15) is 5.69 Å². The van der Waals surface area contributed by atoms with Gasteiger partial charge in [-0.05, 0) is 11.6 Å². The summed E-state index contributed by atoms with van der Waals surface area (Å²) in [5, 5.41) is 3.82. The smallest absolute Gasteiger partial charge is 0.258 e. The van der Waals surface area contributed by atoms with Crippen LogP contribution in [0.3, 0.4) is 0 Å². The minimum Gasteiger partial charge on any atom is -0.269 e. The van der Waals surface area contributed by atoms with Crippen LogP contribution in [0.25, 0.3) is 25.6 Å². The highest BCUT2D eigenvalue weighted by Crippen LogP contribution is 2.36. The largest absolute Gasteiger partial charge is 0.269 e. The molecule has 0 aliphatic heterocycles. The number of thiazole rings is 1. The summed E-state index contributed by atoms with van der Waals surface area (Å²) < 4.78 is 1.56. The zero-order valence-electron chi connectivity index (χ0n) is 13.9. The van der Waals surface area contributed by atoms with Crippen molar-refractivity contribution in [1.29, 1.82) is 0 Å². The fourth-order valence-corrected chi connectivity index (χ4v) is 5.47. The Morgan fingerprint density at radius 2 is 2.00 bits per heavy atom. The highest BCUT2D eigenvalue weighted by molar-refractivity contribution is 7.98. The monoisotopic (exact) mass is 408 g/mol. The van der Waals surface area contributed by atoms with Crippen LogP contribution in [0.15, 0.2) is 70.2 Å². The lowest BCUT2D eigenvalue weighted by molar-refractivity contribution is 1.04. The molecule has 0 saturated heterocycles. The van der Waals surface area contributed by atoms with Crippen LogP contribution in [0.4, 0.5) is 0 Å². The van der Waals surface area contributed by atoms with Crippen LogP contribution in [0, 0.1) is 0 Å². The maximum absolute atomic E-state index is 12.1. The molecule has 5 aromatic rings. The van der Waals surface area contributed by atoms with E-state index in [1.807, 2.05) is 23.6 Å². The number of thioether (sulfide) groups is 1. The summed E-state index contributed by atoms with van der Waals surface area (Å²) in [6, 6.07) is 14.0. The molecule has 0 unspecified atom stereocenters. The van der Waals surface area contributed by atoms with Gasteiger partial charge >= 0.3 is 0 Å². The Morgan fingerprint density at radius 3 is 2.89 bits per heavy atom. The standard InChI is InChI=1S/C19H12N4OS3/c24-16-8-13(22-19-23(16)6-7-25-19)10-26-17-14-9-15(12-4-2-1-3-5-12)27-18(14)21-11-20-17/h1-9,11H,10H2. The van der Waals surface area contributed by atoms with E-state index in [9.17, 15) is 4.79 Å². The summed E-state index contributed by atoms with van der Waals surface area (Å²) in [5.41, 5.74) is 1.89.